The van der Waals surface area contributed by atoms with E-state index in [1.54, 1.807) is 30.3 Å². The van der Waals surface area contributed by atoms with Crippen LogP contribution in [-0.4, -0.2) is 27.0 Å². The Bertz CT molecular complexity index is 1450. The molecule has 0 saturated carbocycles. The second-order valence-corrected chi connectivity index (χ2v) is 9.45. The molecular weight excluding hydrogens is 469 g/mol. The second kappa shape index (κ2) is 10.9. The van der Waals surface area contributed by atoms with Crippen molar-refractivity contribution in [2.75, 3.05) is 0 Å². The van der Waals surface area contributed by atoms with Crippen molar-refractivity contribution in [1.29, 1.82) is 0 Å². The molecule has 0 radical (unpaired) electrons. The molecule has 6 nitrogen and oxygen atoms in total. The fourth-order valence-electron chi connectivity index (χ4n) is 4.96. The minimum atomic E-state index is -0.834. The zero-order chi connectivity index (χ0) is 25.8. The number of nitrogens with zero attached hydrogens (tertiary/aromatic N) is 2. The number of aliphatic carboxylic acids is 1. The Labute approximate surface area is 214 Å². The van der Waals surface area contributed by atoms with Crippen molar-refractivity contribution in [3.8, 4) is 11.3 Å². The Morgan fingerprint density at radius 3 is 2.59 bits per heavy atom. The highest BCUT2D eigenvalue weighted by atomic mass is 19.1. The lowest BCUT2D eigenvalue weighted by molar-refractivity contribution is -0.137. The van der Waals surface area contributed by atoms with Gasteiger partial charge in [0.25, 0.3) is 5.91 Å². The summed E-state index contributed by atoms with van der Waals surface area (Å²) in [4.78, 5) is 33.7. The summed E-state index contributed by atoms with van der Waals surface area (Å²) in [5.41, 5.74) is 6.27. The van der Waals surface area contributed by atoms with E-state index in [0.29, 0.717) is 47.2 Å². The maximum atomic E-state index is 13.5. The molecule has 0 spiro atoms. The lowest BCUT2D eigenvalue weighted by atomic mass is 9.87. The summed E-state index contributed by atoms with van der Waals surface area (Å²) in [6, 6.07) is 19.6. The first-order valence-corrected chi connectivity index (χ1v) is 12.6. The van der Waals surface area contributed by atoms with Crippen LogP contribution in [0.25, 0.3) is 22.3 Å². The number of unbranched alkanes of at least 4 members (excludes halogenated alkanes) is 1. The lowest BCUT2D eigenvalue weighted by Gasteiger charge is -2.26. The molecule has 1 aromatic heterocycles. The number of carbonyl (C=O) groups is 2. The van der Waals surface area contributed by atoms with Crippen LogP contribution in [0.15, 0.2) is 66.7 Å². The van der Waals surface area contributed by atoms with Crippen molar-refractivity contribution in [3.63, 3.8) is 0 Å². The summed E-state index contributed by atoms with van der Waals surface area (Å²) in [6.07, 6.45) is 4.71. The molecule has 0 bridgehead atoms. The van der Waals surface area contributed by atoms with Crippen molar-refractivity contribution < 1.29 is 19.1 Å². The monoisotopic (exact) mass is 497 g/mol. The third-order valence-electron chi connectivity index (χ3n) is 6.85. The predicted molar refractivity (Wildman–Crippen MR) is 140 cm³/mol. The number of aryl methyl sites for hydroxylation is 2. The van der Waals surface area contributed by atoms with Crippen molar-refractivity contribution >= 4 is 22.9 Å². The summed E-state index contributed by atoms with van der Waals surface area (Å²) in [5, 5.41) is 12.2. The number of carboxylic acids is 1. The molecule has 0 fully saturated rings. The Morgan fingerprint density at radius 2 is 1.78 bits per heavy atom. The molecule has 3 aromatic carbocycles. The molecule has 2 N–H and O–H groups in total. The van der Waals surface area contributed by atoms with Crippen LogP contribution in [0.1, 0.15) is 65.3 Å². The Morgan fingerprint density at radius 1 is 0.973 bits per heavy atom. The molecule has 1 unspecified atom stereocenters. The number of hydrogen-bond donors (Lipinski definition) is 2. The SMILES string of the molecule is O=C(O)CCCCc1nc2cc(C(=O)NC3CCCc4ccccc43)ccc2nc1-c1ccc(F)cc1. The molecule has 37 heavy (non-hydrogen) atoms. The van der Waals surface area contributed by atoms with E-state index < -0.39 is 5.97 Å². The molecule has 1 atom stereocenters. The summed E-state index contributed by atoms with van der Waals surface area (Å²) < 4.78 is 13.5. The summed E-state index contributed by atoms with van der Waals surface area (Å²) in [6.45, 7) is 0. The molecule has 0 aliphatic heterocycles. The van der Waals surface area contributed by atoms with E-state index in [9.17, 15) is 14.0 Å². The fraction of sp³-hybridized carbons (Fsp3) is 0.267. The standard InChI is InChI=1S/C30H28FN3O3/c31-22-15-12-20(13-16-22)29-26(9-3-4-11-28(35)36)32-27-18-21(14-17-25(27)33-29)30(37)34-24-10-5-7-19-6-1-2-8-23(19)24/h1-2,6,8,12-18,24H,3-5,7,9-11H2,(H,34,37)(H,35,36). The van der Waals surface area contributed by atoms with Gasteiger partial charge in [0.05, 0.1) is 28.5 Å². The summed E-state index contributed by atoms with van der Waals surface area (Å²) >= 11 is 0. The van der Waals surface area contributed by atoms with Gasteiger partial charge in [-0.1, -0.05) is 24.3 Å². The quantitative estimate of drug-likeness (QED) is 0.290. The van der Waals surface area contributed by atoms with Crippen molar-refractivity contribution in [1.82, 2.24) is 15.3 Å². The van der Waals surface area contributed by atoms with Crippen molar-refractivity contribution in [3.05, 3.63) is 94.9 Å². The number of carboxylic acid groups (broad SMARTS) is 1. The topological polar surface area (TPSA) is 92.2 Å². The van der Waals surface area contributed by atoms with Crippen LogP contribution in [0, 0.1) is 5.82 Å². The average molecular weight is 498 g/mol. The van der Waals surface area contributed by atoms with Crippen LogP contribution in [0.5, 0.6) is 0 Å². The van der Waals surface area contributed by atoms with Gasteiger partial charge in [-0.2, -0.15) is 0 Å². The number of hydrogen-bond acceptors (Lipinski definition) is 4. The molecule has 5 rings (SSSR count). The Kier molecular flexibility index (Phi) is 7.21. The van der Waals surface area contributed by atoms with Gasteiger partial charge in [-0.3, -0.25) is 9.59 Å². The van der Waals surface area contributed by atoms with Gasteiger partial charge >= 0.3 is 5.97 Å². The van der Waals surface area contributed by atoms with Crippen LogP contribution in [0.2, 0.25) is 0 Å². The molecular formula is C30H28FN3O3. The normalized spacial score (nSPS) is 14.8. The second-order valence-electron chi connectivity index (χ2n) is 9.45. The molecule has 1 amide bonds. The van der Waals surface area contributed by atoms with Gasteiger partial charge in [-0.25, -0.2) is 14.4 Å². The number of aromatic nitrogens is 2. The van der Waals surface area contributed by atoms with Gasteiger partial charge in [0.2, 0.25) is 0 Å². The smallest absolute Gasteiger partial charge is 0.303 e. The number of amides is 1. The van der Waals surface area contributed by atoms with E-state index >= 15 is 0 Å². The van der Waals surface area contributed by atoms with Gasteiger partial charge in [-0.15, -0.1) is 0 Å². The van der Waals surface area contributed by atoms with Gasteiger partial charge in [0, 0.05) is 17.5 Å². The fourth-order valence-corrected chi connectivity index (χ4v) is 4.96. The first-order valence-electron chi connectivity index (χ1n) is 12.6. The zero-order valence-corrected chi connectivity index (χ0v) is 20.4. The Hall–Kier alpha value is -4.13. The van der Waals surface area contributed by atoms with Crippen molar-refractivity contribution in [2.45, 2.75) is 51.0 Å². The molecule has 0 saturated heterocycles. The third-order valence-corrected chi connectivity index (χ3v) is 6.85. The maximum absolute atomic E-state index is 13.5. The molecule has 188 valence electrons. The first-order chi connectivity index (χ1) is 18.0. The lowest BCUT2D eigenvalue weighted by Crippen LogP contribution is -2.31. The van der Waals surface area contributed by atoms with Crippen molar-refractivity contribution in [2.24, 2.45) is 0 Å². The van der Waals surface area contributed by atoms with Gasteiger partial charge in [-0.05, 0) is 92.1 Å². The largest absolute Gasteiger partial charge is 0.481 e. The van der Waals surface area contributed by atoms with Gasteiger partial charge in [0.15, 0.2) is 0 Å². The van der Waals surface area contributed by atoms with E-state index in [4.69, 9.17) is 15.1 Å². The third kappa shape index (κ3) is 5.66. The van der Waals surface area contributed by atoms with Crippen LogP contribution >= 0.6 is 0 Å². The van der Waals surface area contributed by atoms with Gasteiger partial charge < -0.3 is 10.4 Å². The summed E-state index contributed by atoms with van der Waals surface area (Å²) in [7, 11) is 0. The number of nitrogens with one attached hydrogen (secondary N) is 1. The minimum absolute atomic E-state index is 0.0233. The van der Waals surface area contributed by atoms with E-state index in [1.807, 2.05) is 12.1 Å². The average Bonchev–Trinajstić information content (AvgIpc) is 2.91. The number of fused-ring (bicyclic) bond motifs is 2. The first kappa shape index (κ1) is 24.6. The van der Waals surface area contributed by atoms with E-state index in [2.05, 4.69) is 17.4 Å². The number of carbonyl (C=O) groups excluding carboxylic acids is 1. The highest BCUT2D eigenvalue weighted by Crippen LogP contribution is 2.30. The molecule has 1 aliphatic rings. The van der Waals surface area contributed by atoms with Crippen LogP contribution in [-0.2, 0) is 17.6 Å². The molecule has 1 heterocycles. The predicted octanol–water partition coefficient (Wildman–Crippen LogP) is 6.04. The summed E-state index contributed by atoms with van der Waals surface area (Å²) in [5.74, 6) is -1.33. The highest BCUT2D eigenvalue weighted by Gasteiger charge is 2.22. The molecule has 4 aromatic rings. The van der Waals surface area contributed by atoms with Crippen LogP contribution < -0.4 is 5.32 Å². The maximum Gasteiger partial charge on any atom is 0.303 e. The van der Waals surface area contributed by atoms with E-state index in [-0.39, 0.29) is 24.2 Å². The molecule has 1 aliphatic carbocycles. The van der Waals surface area contributed by atoms with Crippen LogP contribution in [0.4, 0.5) is 4.39 Å². The number of halogens is 1. The molecule has 7 heteroatoms. The number of rotatable bonds is 8. The zero-order valence-electron chi connectivity index (χ0n) is 20.4. The highest BCUT2D eigenvalue weighted by molar-refractivity contribution is 5.97. The number of benzene rings is 3. The van der Waals surface area contributed by atoms with E-state index in [0.717, 1.165) is 24.8 Å². The minimum Gasteiger partial charge on any atom is -0.481 e. The Balaban J connectivity index is 1.43. The van der Waals surface area contributed by atoms with E-state index in [1.165, 1.54) is 23.3 Å². The van der Waals surface area contributed by atoms with Gasteiger partial charge in [0.1, 0.15) is 5.82 Å². The van der Waals surface area contributed by atoms with Crippen LogP contribution in [0.3, 0.4) is 0 Å².